The molecular weight excluding hydrogens is 288 g/mol. The zero-order chi connectivity index (χ0) is 12.5. The number of nitrogens with zero attached hydrogens (tertiary/aromatic N) is 1. The summed E-state index contributed by atoms with van der Waals surface area (Å²) in [6, 6.07) is 16.9. The van der Waals surface area contributed by atoms with Gasteiger partial charge in [0.2, 0.25) is 0 Å². The Morgan fingerprint density at radius 1 is 1.17 bits per heavy atom. The molecule has 0 bridgehead atoms. The molecule has 18 heavy (non-hydrogen) atoms. The van der Waals surface area contributed by atoms with Gasteiger partial charge in [0.1, 0.15) is 6.17 Å². The van der Waals surface area contributed by atoms with Gasteiger partial charge in [-0.25, -0.2) is 0 Å². The van der Waals surface area contributed by atoms with E-state index >= 15 is 0 Å². The van der Waals surface area contributed by atoms with Crippen LogP contribution in [0.2, 0.25) is 0 Å². The number of nitrogens with one attached hydrogen (secondary N) is 1. The quantitative estimate of drug-likeness (QED) is 0.861. The molecule has 1 unspecified atom stereocenters. The van der Waals surface area contributed by atoms with Gasteiger partial charge in [0.15, 0.2) is 0 Å². The zero-order valence-electron chi connectivity index (χ0n) is 10.2. The molecule has 0 saturated heterocycles. The first kappa shape index (κ1) is 11.6. The van der Waals surface area contributed by atoms with E-state index in [2.05, 4.69) is 81.6 Å². The maximum atomic E-state index is 3.56. The number of benzene rings is 2. The number of rotatable bonds is 2. The predicted molar refractivity (Wildman–Crippen MR) is 80.4 cm³/mol. The van der Waals surface area contributed by atoms with Gasteiger partial charge in [-0.1, -0.05) is 41.1 Å². The van der Waals surface area contributed by atoms with Crippen LogP contribution in [-0.2, 0) is 0 Å². The molecule has 0 radical (unpaired) electrons. The van der Waals surface area contributed by atoms with E-state index in [0.717, 1.165) is 10.9 Å². The summed E-state index contributed by atoms with van der Waals surface area (Å²) in [5, 5.41) is 3.56. The van der Waals surface area contributed by atoms with Gasteiger partial charge in [0, 0.05) is 10.2 Å². The smallest absolute Gasteiger partial charge is 0.104 e. The van der Waals surface area contributed by atoms with Crippen LogP contribution < -0.4 is 10.2 Å². The van der Waals surface area contributed by atoms with Crippen molar-refractivity contribution < 1.29 is 0 Å². The zero-order valence-corrected chi connectivity index (χ0v) is 11.8. The van der Waals surface area contributed by atoms with Crippen LogP contribution in [0, 0.1) is 0 Å². The van der Waals surface area contributed by atoms with Gasteiger partial charge >= 0.3 is 0 Å². The fraction of sp³-hybridized carbons (Fsp3) is 0.200. The van der Waals surface area contributed by atoms with Crippen LogP contribution in [-0.4, -0.2) is 6.17 Å². The molecule has 3 rings (SSSR count). The SMILES string of the molecule is CCC1Nc2ccccc2N1c1cccc(Br)c1. The van der Waals surface area contributed by atoms with Gasteiger partial charge in [-0.05, 0) is 36.8 Å². The molecule has 2 aromatic rings. The van der Waals surface area contributed by atoms with E-state index in [9.17, 15) is 0 Å². The normalized spacial score (nSPS) is 17.4. The lowest BCUT2D eigenvalue weighted by molar-refractivity contribution is 0.728. The van der Waals surface area contributed by atoms with Crippen molar-refractivity contribution in [2.45, 2.75) is 19.5 Å². The van der Waals surface area contributed by atoms with Crippen molar-refractivity contribution in [1.29, 1.82) is 0 Å². The van der Waals surface area contributed by atoms with Crippen LogP contribution in [0.15, 0.2) is 53.0 Å². The number of halogens is 1. The van der Waals surface area contributed by atoms with Gasteiger partial charge in [-0.3, -0.25) is 0 Å². The summed E-state index contributed by atoms with van der Waals surface area (Å²) in [4.78, 5) is 2.36. The topological polar surface area (TPSA) is 15.3 Å². The maximum Gasteiger partial charge on any atom is 0.104 e. The highest BCUT2D eigenvalue weighted by molar-refractivity contribution is 9.10. The predicted octanol–water partition coefficient (Wildman–Crippen LogP) is 4.75. The molecule has 0 spiro atoms. The van der Waals surface area contributed by atoms with E-state index in [1.807, 2.05) is 0 Å². The highest BCUT2D eigenvalue weighted by atomic mass is 79.9. The van der Waals surface area contributed by atoms with Crippen LogP contribution in [0.4, 0.5) is 17.1 Å². The lowest BCUT2D eigenvalue weighted by atomic mass is 10.2. The third-order valence-corrected chi connectivity index (χ3v) is 3.76. The number of hydrogen-bond acceptors (Lipinski definition) is 2. The number of fused-ring (bicyclic) bond motifs is 1. The molecule has 0 saturated carbocycles. The average Bonchev–Trinajstić information content (AvgIpc) is 2.77. The highest BCUT2D eigenvalue weighted by Gasteiger charge is 2.27. The second-order valence-corrected chi connectivity index (χ2v) is 5.35. The maximum absolute atomic E-state index is 3.56. The Morgan fingerprint density at radius 3 is 2.78 bits per heavy atom. The van der Waals surface area contributed by atoms with Crippen molar-refractivity contribution in [3.8, 4) is 0 Å². The van der Waals surface area contributed by atoms with Gasteiger partial charge in [-0.2, -0.15) is 0 Å². The summed E-state index contributed by atoms with van der Waals surface area (Å²) in [5.74, 6) is 0. The molecule has 1 N–H and O–H groups in total. The molecule has 1 aliphatic heterocycles. The molecule has 0 amide bonds. The van der Waals surface area contributed by atoms with Gasteiger partial charge < -0.3 is 10.2 Å². The van der Waals surface area contributed by atoms with E-state index in [1.165, 1.54) is 17.1 Å². The monoisotopic (exact) mass is 302 g/mol. The first-order valence-corrected chi connectivity index (χ1v) is 6.99. The van der Waals surface area contributed by atoms with E-state index in [-0.39, 0.29) is 0 Å². The Balaban J connectivity index is 2.09. The van der Waals surface area contributed by atoms with Crippen molar-refractivity contribution in [2.75, 3.05) is 10.2 Å². The van der Waals surface area contributed by atoms with Crippen LogP contribution >= 0.6 is 15.9 Å². The Bertz CT molecular complexity index is 568. The highest BCUT2D eigenvalue weighted by Crippen LogP contribution is 2.41. The summed E-state index contributed by atoms with van der Waals surface area (Å²) in [7, 11) is 0. The second kappa shape index (κ2) is 4.65. The summed E-state index contributed by atoms with van der Waals surface area (Å²) in [6.45, 7) is 2.20. The van der Waals surface area contributed by atoms with E-state index < -0.39 is 0 Å². The molecule has 0 fully saturated rings. The van der Waals surface area contributed by atoms with E-state index in [4.69, 9.17) is 0 Å². The van der Waals surface area contributed by atoms with Crippen LogP contribution in [0.25, 0.3) is 0 Å². The third-order valence-electron chi connectivity index (χ3n) is 3.27. The van der Waals surface area contributed by atoms with Crippen LogP contribution in [0.1, 0.15) is 13.3 Å². The molecule has 1 atom stereocenters. The van der Waals surface area contributed by atoms with E-state index in [0.29, 0.717) is 6.17 Å². The Hall–Kier alpha value is -1.48. The average molecular weight is 303 g/mol. The van der Waals surface area contributed by atoms with Crippen LogP contribution in [0.5, 0.6) is 0 Å². The molecule has 0 aromatic heterocycles. The number of hydrogen-bond donors (Lipinski definition) is 1. The molecule has 3 heteroatoms. The Kier molecular flexibility index (Phi) is 3.00. The molecule has 92 valence electrons. The Morgan fingerprint density at radius 2 is 2.00 bits per heavy atom. The van der Waals surface area contributed by atoms with Gasteiger partial charge in [-0.15, -0.1) is 0 Å². The largest absolute Gasteiger partial charge is 0.363 e. The number of para-hydroxylation sites is 2. The van der Waals surface area contributed by atoms with Crippen molar-refractivity contribution >= 4 is 33.0 Å². The standard InChI is InChI=1S/C15H15BrN2/c1-2-15-17-13-8-3-4-9-14(13)18(15)12-7-5-6-11(16)10-12/h3-10,15,17H,2H2,1H3. The lowest BCUT2D eigenvalue weighted by Gasteiger charge is -2.26. The van der Waals surface area contributed by atoms with Crippen molar-refractivity contribution in [3.05, 3.63) is 53.0 Å². The minimum Gasteiger partial charge on any atom is -0.363 e. The minimum absolute atomic E-state index is 0.330. The summed E-state index contributed by atoms with van der Waals surface area (Å²) in [6.07, 6.45) is 1.39. The van der Waals surface area contributed by atoms with Gasteiger partial charge in [0.05, 0.1) is 11.4 Å². The fourth-order valence-corrected chi connectivity index (χ4v) is 2.83. The van der Waals surface area contributed by atoms with Crippen LogP contribution in [0.3, 0.4) is 0 Å². The first-order chi connectivity index (χ1) is 8.79. The van der Waals surface area contributed by atoms with Crippen molar-refractivity contribution in [3.63, 3.8) is 0 Å². The fourth-order valence-electron chi connectivity index (χ4n) is 2.45. The van der Waals surface area contributed by atoms with E-state index in [1.54, 1.807) is 0 Å². The Labute approximate surface area is 116 Å². The molecule has 2 nitrogen and oxygen atoms in total. The lowest BCUT2D eigenvalue weighted by Crippen LogP contribution is -2.30. The third kappa shape index (κ3) is 1.89. The van der Waals surface area contributed by atoms with Gasteiger partial charge in [0.25, 0.3) is 0 Å². The molecule has 1 heterocycles. The molecule has 1 aliphatic rings. The molecular formula is C15H15BrN2. The summed E-state index contributed by atoms with van der Waals surface area (Å²) in [5.41, 5.74) is 3.68. The molecule has 2 aromatic carbocycles. The minimum atomic E-state index is 0.330. The van der Waals surface area contributed by atoms with Crippen molar-refractivity contribution in [1.82, 2.24) is 0 Å². The first-order valence-electron chi connectivity index (χ1n) is 6.20. The summed E-state index contributed by atoms with van der Waals surface area (Å²) < 4.78 is 1.11. The molecule has 0 aliphatic carbocycles. The summed E-state index contributed by atoms with van der Waals surface area (Å²) >= 11 is 3.54. The second-order valence-electron chi connectivity index (χ2n) is 4.44. The van der Waals surface area contributed by atoms with Crippen molar-refractivity contribution in [2.24, 2.45) is 0 Å². The number of anilines is 3.